The minimum absolute atomic E-state index is 0.102. The van der Waals surface area contributed by atoms with Crippen molar-refractivity contribution in [2.24, 2.45) is 0 Å². The number of halogens is 1. The average molecular weight is 307 g/mol. The minimum Gasteiger partial charge on any atom is -0.399 e. The maximum atomic E-state index is 13.6. The Bertz CT molecular complexity index is 559. The van der Waals surface area contributed by atoms with Gasteiger partial charge in [-0.3, -0.25) is 4.79 Å². The van der Waals surface area contributed by atoms with E-state index in [1.54, 1.807) is 6.07 Å². The Hall–Kier alpha value is -1.40. The lowest BCUT2D eigenvalue weighted by Gasteiger charge is -2.32. The number of carbonyl (C=O) groups is 1. The first kappa shape index (κ1) is 17.0. The molecule has 0 unspecified atom stereocenters. The van der Waals surface area contributed by atoms with Gasteiger partial charge in [-0.2, -0.15) is 0 Å². The van der Waals surface area contributed by atoms with Crippen molar-refractivity contribution < 1.29 is 18.5 Å². The van der Waals surface area contributed by atoms with Crippen LogP contribution in [-0.2, 0) is 20.5 Å². The van der Waals surface area contributed by atoms with Crippen LogP contribution in [0.1, 0.15) is 40.2 Å². The molecule has 0 aromatic heterocycles. The number of benzene rings is 1. The van der Waals surface area contributed by atoms with Crippen LogP contribution in [0.3, 0.4) is 0 Å². The van der Waals surface area contributed by atoms with E-state index in [0.717, 1.165) is 0 Å². The van der Waals surface area contributed by atoms with Crippen molar-refractivity contribution in [3.05, 3.63) is 29.6 Å². The van der Waals surface area contributed by atoms with Crippen molar-refractivity contribution in [2.45, 2.75) is 52.2 Å². The van der Waals surface area contributed by atoms with Crippen LogP contribution in [0.5, 0.6) is 0 Å². The van der Waals surface area contributed by atoms with E-state index in [4.69, 9.17) is 9.31 Å². The number of carbonyl (C=O) groups excluding carboxylic acids is 1. The van der Waals surface area contributed by atoms with E-state index in [-0.39, 0.29) is 18.1 Å². The number of rotatable bonds is 4. The van der Waals surface area contributed by atoms with Gasteiger partial charge in [0, 0.05) is 6.54 Å². The Morgan fingerprint density at radius 3 is 2.36 bits per heavy atom. The van der Waals surface area contributed by atoms with Crippen LogP contribution < -0.4 is 10.8 Å². The first-order chi connectivity index (χ1) is 10.2. The molecule has 1 aliphatic heterocycles. The highest BCUT2D eigenvalue weighted by Gasteiger charge is 2.52. The van der Waals surface area contributed by atoms with Gasteiger partial charge in [-0.1, -0.05) is 6.07 Å². The average Bonchev–Trinajstić information content (AvgIpc) is 2.58. The molecule has 22 heavy (non-hydrogen) atoms. The summed E-state index contributed by atoms with van der Waals surface area (Å²) >= 11 is 0. The minimum atomic E-state index is -0.602. The highest BCUT2D eigenvalue weighted by molar-refractivity contribution is 6.62. The van der Waals surface area contributed by atoms with E-state index in [0.29, 0.717) is 17.6 Å². The lowest BCUT2D eigenvalue weighted by molar-refractivity contribution is -0.120. The molecule has 0 saturated carbocycles. The number of likely N-dealkylation sites (N-methyl/N-ethyl adjacent to an activating group) is 1. The first-order valence-corrected chi connectivity index (χ1v) is 7.57. The molecular weight excluding hydrogens is 284 g/mol. The predicted octanol–water partition coefficient (Wildman–Crippen LogP) is 1.80. The van der Waals surface area contributed by atoms with Crippen LogP contribution >= 0.6 is 0 Å². The van der Waals surface area contributed by atoms with Crippen LogP contribution in [-0.4, -0.2) is 30.8 Å². The normalized spacial score (nSPS) is 19.3. The summed E-state index contributed by atoms with van der Waals surface area (Å²) in [6, 6.07) is 4.36. The molecule has 1 N–H and O–H groups in total. The third kappa shape index (κ3) is 3.33. The summed E-state index contributed by atoms with van der Waals surface area (Å²) in [7, 11) is -0.602. The fourth-order valence-corrected chi connectivity index (χ4v) is 2.36. The molecule has 120 valence electrons. The van der Waals surface area contributed by atoms with Gasteiger partial charge < -0.3 is 14.6 Å². The van der Waals surface area contributed by atoms with E-state index in [1.165, 1.54) is 12.1 Å². The van der Waals surface area contributed by atoms with Crippen LogP contribution in [0, 0.1) is 5.82 Å². The maximum absolute atomic E-state index is 13.6. The highest BCUT2D eigenvalue weighted by atomic mass is 19.1. The molecule has 0 atom stereocenters. The Kier molecular flexibility index (Phi) is 4.63. The van der Waals surface area contributed by atoms with Crippen LogP contribution in [0.4, 0.5) is 4.39 Å². The summed E-state index contributed by atoms with van der Waals surface area (Å²) in [4.78, 5) is 11.8. The second-order valence-corrected chi connectivity index (χ2v) is 6.56. The van der Waals surface area contributed by atoms with Crippen molar-refractivity contribution in [1.82, 2.24) is 5.32 Å². The zero-order valence-electron chi connectivity index (χ0n) is 13.8. The quantitative estimate of drug-likeness (QED) is 0.863. The lowest BCUT2D eigenvalue weighted by Crippen LogP contribution is -2.41. The largest absolute Gasteiger partial charge is 0.495 e. The molecule has 0 aliphatic carbocycles. The standard InChI is InChI=1S/C16H23BFNO3/c1-6-19-14(20)10-11-9-12(18)7-8-13(11)17-21-15(2,3)16(4,5)22-17/h7-9H,6,10H2,1-5H3,(H,19,20). The number of nitrogens with one attached hydrogen (secondary N) is 1. The van der Waals surface area contributed by atoms with Crippen LogP contribution in [0.2, 0.25) is 0 Å². The topological polar surface area (TPSA) is 47.6 Å². The molecule has 2 rings (SSSR count). The molecule has 6 heteroatoms. The van der Waals surface area contributed by atoms with E-state index >= 15 is 0 Å². The van der Waals surface area contributed by atoms with Gasteiger partial charge in [-0.15, -0.1) is 0 Å². The van der Waals surface area contributed by atoms with Crippen molar-refractivity contribution in [3.63, 3.8) is 0 Å². The van der Waals surface area contributed by atoms with Gasteiger partial charge in [0.15, 0.2) is 0 Å². The van der Waals surface area contributed by atoms with Gasteiger partial charge in [0.05, 0.1) is 17.6 Å². The van der Waals surface area contributed by atoms with Crippen molar-refractivity contribution in [1.29, 1.82) is 0 Å². The molecule has 1 heterocycles. The van der Waals surface area contributed by atoms with Gasteiger partial charge in [0.2, 0.25) is 5.91 Å². The Morgan fingerprint density at radius 1 is 1.23 bits per heavy atom. The Labute approximate surface area is 131 Å². The van der Waals surface area contributed by atoms with E-state index in [1.807, 2.05) is 34.6 Å². The zero-order valence-corrected chi connectivity index (χ0v) is 13.8. The van der Waals surface area contributed by atoms with E-state index in [2.05, 4.69) is 5.32 Å². The number of hydrogen-bond acceptors (Lipinski definition) is 3. The molecule has 1 aromatic rings. The molecule has 0 spiro atoms. The second kappa shape index (κ2) is 6.01. The van der Waals surface area contributed by atoms with Crippen LogP contribution in [0.15, 0.2) is 18.2 Å². The molecule has 1 amide bonds. The Morgan fingerprint density at radius 2 is 1.82 bits per heavy atom. The van der Waals surface area contributed by atoms with Gasteiger partial charge in [-0.05, 0) is 57.8 Å². The first-order valence-electron chi connectivity index (χ1n) is 7.57. The summed E-state index contributed by atoms with van der Waals surface area (Å²) in [6.07, 6.45) is 0.102. The molecule has 1 fully saturated rings. The maximum Gasteiger partial charge on any atom is 0.495 e. The fourth-order valence-electron chi connectivity index (χ4n) is 2.36. The van der Waals surface area contributed by atoms with Crippen molar-refractivity contribution >= 4 is 18.5 Å². The smallest absolute Gasteiger partial charge is 0.399 e. The van der Waals surface area contributed by atoms with Gasteiger partial charge in [0.1, 0.15) is 5.82 Å². The highest BCUT2D eigenvalue weighted by Crippen LogP contribution is 2.36. The molecule has 0 radical (unpaired) electrons. The van der Waals surface area contributed by atoms with Gasteiger partial charge >= 0.3 is 7.12 Å². The monoisotopic (exact) mass is 307 g/mol. The second-order valence-electron chi connectivity index (χ2n) is 6.56. The van der Waals surface area contributed by atoms with Crippen molar-refractivity contribution in [3.8, 4) is 0 Å². The Balaban J connectivity index is 2.30. The third-order valence-electron chi connectivity index (χ3n) is 4.34. The summed E-state index contributed by atoms with van der Waals surface area (Å²) in [5.74, 6) is -0.523. The number of amides is 1. The van der Waals surface area contributed by atoms with Gasteiger partial charge in [0.25, 0.3) is 0 Å². The molecule has 1 saturated heterocycles. The fraction of sp³-hybridized carbons (Fsp3) is 0.562. The molecular formula is C16H23BFNO3. The van der Waals surface area contributed by atoms with E-state index in [9.17, 15) is 9.18 Å². The molecule has 1 aromatic carbocycles. The summed E-state index contributed by atoms with van der Waals surface area (Å²) in [6.45, 7) is 10.2. The SMILES string of the molecule is CCNC(=O)Cc1cc(F)ccc1B1OC(C)(C)C(C)(C)O1. The predicted molar refractivity (Wildman–Crippen MR) is 84.5 cm³/mol. The third-order valence-corrected chi connectivity index (χ3v) is 4.34. The summed E-state index contributed by atoms with van der Waals surface area (Å²) < 4.78 is 25.6. The zero-order chi connectivity index (χ0) is 16.5. The lowest BCUT2D eigenvalue weighted by atomic mass is 9.75. The summed E-state index contributed by atoms with van der Waals surface area (Å²) in [5, 5.41) is 2.72. The van der Waals surface area contributed by atoms with Crippen molar-refractivity contribution in [2.75, 3.05) is 6.54 Å². The number of hydrogen-bond donors (Lipinski definition) is 1. The molecule has 0 bridgehead atoms. The van der Waals surface area contributed by atoms with E-state index < -0.39 is 18.3 Å². The molecule has 1 aliphatic rings. The molecule has 4 nitrogen and oxygen atoms in total. The summed E-state index contributed by atoms with van der Waals surface area (Å²) in [5.41, 5.74) is 0.333. The van der Waals surface area contributed by atoms with Gasteiger partial charge in [-0.25, -0.2) is 4.39 Å². The van der Waals surface area contributed by atoms with Crippen LogP contribution in [0.25, 0.3) is 0 Å².